The van der Waals surface area contributed by atoms with E-state index in [2.05, 4.69) is 15.2 Å². The van der Waals surface area contributed by atoms with E-state index in [9.17, 15) is 23.6 Å². The zero-order chi connectivity index (χ0) is 21.4. The van der Waals surface area contributed by atoms with Crippen molar-refractivity contribution in [3.05, 3.63) is 46.6 Å². The minimum atomic E-state index is -4.02. The Bertz CT molecular complexity index is 978. The van der Waals surface area contributed by atoms with Crippen LogP contribution in [0.15, 0.2) is 46.8 Å². The molecule has 0 saturated heterocycles. The monoisotopic (exact) mass is 423 g/mol. The number of hydrogen-bond acceptors (Lipinski definition) is 9. The predicted molar refractivity (Wildman–Crippen MR) is 107 cm³/mol. The van der Waals surface area contributed by atoms with Crippen LogP contribution in [0.25, 0.3) is 0 Å². The number of rotatable bonds is 10. The minimum absolute atomic E-state index is 0.135. The number of phenolic OH excluding ortho intramolecular Hbond substituents is 1. The van der Waals surface area contributed by atoms with E-state index in [-0.39, 0.29) is 35.1 Å². The molecule has 0 unspecified atom stereocenters. The van der Waals surface area contributed by atoms with Crippen LogP contribution in [0, 0.1) is 10.1 Å². The van der Waals surface area contributed by atoms with Gasteiger partial charge in [0.25, 0.3) is 15.8 Å². The SMILES string of the molecule is CCCN(CCCS(=O)(=O)O)c1ccc(N=Nc2ccc([N+](=O)[O-])cn2)c(O)c1. The Labute approximate surface area is 167 Å². The van der Waals surface area contributed by atoms with Crippen molar-refractivity contribution >= 4 is 33.0 Å². The highest BCUT2D eigenvalue weighted by Gasteiger charge is 2.11. The van der Waals surface area contributed by atoms with E-state index < -0.39 is 15.0 Å². The van der Waals surface area contributed by atoms with Gasteiger partial charge in [0.2, 0.25) is 0 Å². The van der Waals surface area contributed by atoms with Gasteiger partial charge in [0.1, 0.15) is 17.6 Å². The van der Waals surface area contributed by atoms with Crippen LogP contribution in [0.4, 0.5) is 22.9 Å². The highest BCUT2D eigenvalue weighted by molar-refractivity contribution is 7.85. The summed E-state index contributed by atoms with van der Waals surface area (Å²) < 4.78 is 30.6. The van der Waals surface area contributed by atoms with E-state index >= 15 is 0 Å². The topological polar surface area (TPSA) is 159 Å². The smallest absolute Gasteiger partial charge is 0.287 e. The molecule has 156 valence electrons. The molecule has 0 aliphatic heterocycles. The van der Waals surface area contributed by atoms with E-state index in [0.29, 0.717) is 18.8 Å². The van der Waals surface area contributed by atoms with Crippen LogP contribution in [-0.4, -0.2) is 46.8 Å². The molecule has 0 radical (unpaired) electrons. The van der Waals surface area contributed by atoms with Crippen LogP contribution in [0.2, 0.25) is 0 Å². The van der Waals surface area contributed by atoms with Gasteiger partial charge in [-0.3, -0.25) is 14.7 Å². The van der Waals surface area contributed by atoms with Crippen molar-refractivity contribution in [3.63, 3.8) is 0 Å². The van der Waals surface area contributed by atoms with Crippen LogP contribution >= 0.6 is 0 Å². The lowest BCUT2D eigenvalue weighted by Gasteiger charge is -2.24. The predicted octanol–water partition coefficient (Wildman–Crippen LogP) is 3.61. The first-order valence-electron chi connectivity index (χ1n) is 8.75. The number of aromatic hydroxyl groups is 1. The number of phenols is 1. The summed E-state index contributed by atoms with van der Waals surface area (Å²) in [5.74, 6) is -0.325. The number of anilines is 1. The standard InChI is InChI=1S/C17H21N5O6S/c1-2-8-21(9-3-10-29(26,27)28)13-4-6-15(16(23)11-13)19-20-17-7-5-14(12-18-17)22(24)25/h4-7,11-12,23H,2-3,8-10H2,1H3,(H,26,27,28). The maximum Gasteiger partial charge on any atom is 0.287 e. The summed E-state index contributed by atoms with van der Waals surface area (Å²) in [6.45, 7) is 2.99. The molecule has 1 aromatic carbocycles. The van der Waals surface area contributed by atoms with Crippen molar-refractivity contribution in [2.75, 3.05) is 23.7 Å². The van der Waals surface area contributed by atoms with Gasteiger partial charge in [0.15, 0.2) is 5.82 Å². The van der Waals surface area contributed by atoms with Gasteiger partial charge in [-0.05, 0) is 31.0 Å². The number of nitro groups is 1. The molecule has 0 aliphatic rings. The van der Waals surface area contributed by atoms with Gasteiger partial charge in [0, 0.05) is 30.9 Å². The number of azo groups is 1. The lowest BCUT2D eigenvalue weighted by Crippen LogP contribution is -2.26. The highest BCUT2D eigenvalue weighted by Crippen LogP contribution is 2.32. The van der Waals surface area contributed by atoms with Crippen molar-refractivity contribution in [2.45, 2.75) is 19.8 Å². The first-order chi connectivity index (χ1) is 13.7. The maximum atomic E-state index is 10.9. The summed E-state index contributed by atoms with van der Waals surface area (Å²) in [6.07, 6.45) is 2.11. The molecule has 0 bridgehead atoms. The van der Waals surface area contributed by atoms with E-state index in [1.807, 2.05) is 11.8 Å². The lowest BCUT2D eigenvalue weighted by molar-refractivity contribution is -0.385. The highest BCUT2D eigenvalue weighted by atomic mass is 32.2. The van der Waals surface area contributed by atoms with Gasteiger partial charge < -0.3 is 10.0 Å². The van der Waals surface area contributed by atoms with Gasteiger partial charge in [-0.2, -0.15) is 8.42 Å². The molecule has 11 nitrogen and oxygen atoms in total. The number of nitrogens with zero attached hydrogens (tertiary/aromatic N) is 5. The Morgan fingerprint density at radius 2 is 1.97 bits per heavy atom. The fraction of sp³-hybridized carbons (Fsp3) is 0.353. The molecule has 2 aromatic rings. The zero-order valence-corrected chi connectivity index (χ0v) is 16.5. The first-order valence-corrected chi connectivity index (χ1v) is 10.4. The van der Waals surface area contributed by atoms with Crippen LogP contribution in [-0.2, 0) is 10.1 Å². The summed E-state index contributed by atoms with van der Waals surface area (Å²) in [4.78, 5) is 15.7. The Morgan fingerprint density at radius 1 is 1.21 bits per heavy atom. The molecule has 29 heavy (non-hydrogen) atoms. The summed E-state index contributed by atoms with van der Waals surface area (Å²) in [5, 5.41) is 28.6. The van der Waals surface area contributed by atoms with Gasteiger partial charge in [-0.1, -0.05) is 6.92 Å². The molecule has 1 aromatic heterocycles. The molecular formula is C17H21N5O6S. The van der Waals surface area contributed by atoms with Crippen molar-refractivity contribution in [1.29, 1.82) is 0 Å². The van der Waals surface area contributed by atoms with Crippen molar-refractivity contribution in [2.24, 2.45) is 10.2 Å². The summed E-state index contributed by atoms with van der Waals surface area (Å²) in [5.41, 5.74) is 0.691. The summed E-state index contributed by atoms with van der Waals surface area (Å²) in [7, 11) is -4.02. The second-order valence-electron chi connectivity index (χ2n) is 6.13. The maximum absolute atomic E-state index is 10.9. The molecule has 2 N–H and O–H groups in total. The van der Waals surface area contributed by atoms with Crippen molar-refractivity contribution < 1.29 is 23.0 Å². The van der Waals surface area contributed by atoms with Crippen LogP contribution in [0.1, 0.15) is 19.8 Å². The molecule has 12 heteroatoms. The van der Waals surface area contributed by atoms with E-state index in [1.54, 1.807) is 12.1 Å². The lowest BCUT2D eigenvalue weighted by atomic mass is 10.2. The normalized spacial score (nSPS) is 11.7. The molecule has 0 aliphatic carbocycles. The van der Waals surface area contributed by atoms with Crippen molar-refractivity contribution in [3.8, 4) is 5.75 Å². The van der Waals surface area contributed by atoms with E-state index in [1.165, 1.54) is 18.2 Å². The van der Waals surface area contributed by atoms with Crippen LogP contribution in [0.3, 0.4) is 0 Å². The van der Waals surface area contributed by atoms with Gasteiger partial charge in [-0.25, -0.2) is 4.98 Å². The van der Waals surface area contributed by atoms with Crippen LogP contribution < -0.4 is 4.90 Å². The Morgan fingerprint density at radius 3 is 2.52 bits per heavy atom. The molecule has 0 saturated carbocycles. The average molecular weight is 423 g/mol. The second kappa shape index (κ2) is 9.89. The van der Waals surface area contributed by atoms with Gasteiger partial charge >= 0.3 is 0 Å². The second-order valence-corrected chi connectivity index (χ2v) is 7.70. The van der Waals surface area contributed by atoms with Gasteiger partial charge in [-0.15, -0.1) is 10.2 Å². The van der Waals surface area contributed by atoms with E-state index in [4.69, 9.17) is 4.55 Å². The molecule has 0 fully saturated rings. The van der Waals surface area contributed by atoms with Gasteiger partial charge in [0.05, 0.1) is 10.7 Å². The Hall–Kier alpha value is -3.12. The molecule has 0 spiro atoms. The third-order valence-electron chi connectivity index (χ3n) is 3.85. The number of hydrogen-bond donors (Lipinski definition) is 2. The number of benzene rings is 1. The van der Waals surface area contributed by atoms with Crippen LogP contribution in [0.5, 0.6) is 5.75 Å². The molecule has 0 amide bonds. The molecule has 1 heterocycles. The molecular weight excluding hydrogens is 402 g/mol. The molecule has 0 atom stereocenters. The number of pyridine rings is 1. The third-order valence-corrected chi connectivity index (χ3v) is 4.66. The first kappa shape index (κ1) is 22.2. The van der Waals surface area contributed by atoms with Crippen molar-refractivity contribution in [1.82, 2.24) is 4.98 Å². The Kier molecular flexibility index (Phi) is 7.56. The minimum Gasteiger partial charge on any atom is -0.506 e. The zero-order valence-electron chi connectivity index (χ0n) is 15.7. The molecule has 2 rings (SSSR count). The Balaban J connectivity index is 2.11. The third kappa shape index (κ3) is 7.08. The fourth-order valence-corrected chi connectivity index (χ4v) is 3.02. The average Bonchev–Trinajstić information content (AvgIpc) is 2.65. The summed E-state index contributed by atoms with van der Waals surface area (Å²) in [6, 6.07) is 7.33. The summed E-state index contributed by atoms with van der Waals surface area (Å²) >= 11 is 0. The fourth-order valence-electron chi connectivity index (χ4n) is 2.52. The quantitative estimate of drug-likeness (QED) is 0.254. The largest absolute Gasteiger partial charge is 0.506 e. The number of aromatic nitrogens is 1. The van der Waals surface area contributed by atoms with E-state index in [0.717, 1.165) is 12.6 Å².